The van der Waals surface area contributed by atoms with Crippen LogP contribution in [0.4, 0.5) is 0 Å². The van der Waals surface area contributed by atoms with Gasteiger partial charge in [0.25, 0.3) is 5.91 Å². The van der Waals surface area contributed by atoms with Gasteiger partial charge in [-0.15, -0.1) is 0 Å². The Morgan fingerprint density at radius 2 is 2.25 bits per heavy atom. The van der Waals surface area contributed by atoms with Crippen molar-refractivity contribution < 1.29 is 14.7 Å². The average molecular weight is 243 g/mol. The molecule has 0 aliphatic carbocycles. The number of carbonyl (C=O) groups is 2. The summed E-state index contributed by atoms with van der Waals surface area (Å²) in [4.78, 5) is 26.0. The van der Waals surface area contributed by atoms with Gasteiger partial charge in [0, 0.05) is 6.20 Å². The Balaban J connectivity index is 2.71. The van der Waals surface area contributed by atoms with Crippen LogP contribution in [-0.4, -0.2) is 28.0 Å². The molecule has 0 bridgehead atoms. The van der Waals surface area contributed by atoms with Crippen LogP contribution in [-0.2, 0) is 4.79 Å². The van der Waals surface area contributed by atoms with Gasteiger partial charge in [-0.25, -0.2) is 9.78 Å². The number of carboxylic acid groups (broad SMARTS) is 1. The van der Waals surface area contributed by atoms with Crippen molar-refractivity contribution in [1.29, 1.82) is 0 Å². The van der Waals surface area contributed by atoms with Gasteiger partial charge in [0.15, 0.2) is 0 Å². The van der Waals surface area contributed by atoms with Crippen LogP contribution in [0.25, 0.3) is 0 Å². The van der Waals surface area contributed by atoms with E-state index in [9.17, 15) is 9.59 Å². The summed E-state index contributed by atoms with van der Waals surface area (Å²) in [5, 5.41) is 11.4. The van der Waals surface area contributed by atoms with Crippen molar-refractivity contribution in [2.45, 2.75) is 19.4 Å². The van der Waals surface area contributed by atoms with Gasteiger partial charge in [0.1, 0.15) is 11.2 Å². The topological polar surface area (TPSA) is 79.3 Å². The van der Waals surface area contributed by atoms with E-state index in [2.05, 4.69) is 10.3 Å². The van der Waals surface area contributed by atoms with Crippen molar-refractivity contribution in [2.75, 3.05) is 0 Å². The minimum atomic E-state index is -1.06. The van der Waals surface area contributed by atoms with Crippen molar-refractivity contribution >= 4 is 23.5 Å². The molecule has 6 heteroatoms. The zero-order chi connectivity index (χ0) is 12.1. The second kappa shape index (κ2) is 5.46. The number of pyridine rings is 1. The second-order valence-electron chi connectivity index (χ2n) is 3.14. The summed E-state index contributed by atoms with van der Waals surface area (Å²) in [5.74, 6) is -1.53. The van der Waals surface area contributed by atoms with Crippen LogP contribution in [0.15, 0.2) is 18.3 Å². The number of amides is 1. The Labute approximate surface area is 97.4 Å². The van der Waals surface area contributed by atoms with Gasteiger partial charge in [-0.2, -0.15) is 0 Å². The van der Waals surface area contributed by atoms with Gasteiger partial charge < -0.3 is 10.4 Å². The van der Waals surface area contributed by atoms with Crippen molar-refractivity contribution in [2.24, 2.45) is 0 Å². The third kappa shape index (κ3) is 3.20. The van der Waals surface area contributed by atoms with Crippen molar-refractivity contribution in [3.8, 4) is 0 Å². The molecule has 1 amide bonds. The van der Waals surface area contributed by atoms with Crippen LogP contribution < -0.4 is 5.32 Å². The summed E-state index contributed by atoms with van der Waals surface area (Å²) < 4.78 is 0. The summed E-state index contributed by atoms with van der Waals surface area (Å²) >= 11 is 5.56. The number of nitrogens with one attached hydrogen (secondary N) is 1. The molecule has 0 spiro atoms. The minimum Gasteiger partial charge on any atom is -0.480 e. The molecule has 1 unspecified atom stereocenters. The van der Waals surface area contributed by atoms with E-state index in [1.807, 2.05) is 0 Å². The molecule has 0 aliphatic rings. The number of nitrogens with zero attached hydrogens (tertiary/aromatic N) is 1. The molecule has 1 heterocycles. The van der Waals surface area contributed by atoms with Crippen LogP contribution in [0, 0.1) is 0 Å². The third-order valence-corrected chi connectivity index (χ3v) is 2.22. The second-order valence-corrected chi connectivity index (χ2v) is 3.53. The van der Waals surface area contributed by atoms with Crippen LogP contribution in [0.1, 0.15) is 23.7 Å². The first kappa shape index (κ1) is 12.4. The molecule has 86 valence electrons. The van der Waals surface area contributed by atoms with E-state index in [-0.39, 0.29) is 10.7 Å². The highest BCUT2D eigenvalue weighted by Gasteiger charge is 2.18. The van der Waals surface area contributed by atoms with Crippen molar-refractivity contribution in [3.05, 3.63) is 29.0 Å². The molecule has 0 fully saturated rings. The normalized spacial score (nSPS) is 11.9. The molecule has 16 heavy (non-hydrogen) atoms. The zero-order valence-electron chi connectivity index (χ0n) is 8.61. The largest absolute Gasteiger partial charge is 0.480 e. The number of hydrogen-bond acceptors (Lipinski definition) is 3. The van der Waals surface area contributed by atoms with Gasteiger partial charge in [-0.05, 0) is 18.6 Å². The highest BCUT2D eigenvalue weighted by molar-refractivity contribution is 6.29. The van der Waals surface area contributed by atoms with E-state index in [4.69, 9.17) is 16.7 Å². The molecule has 0 saturated carbocycles. The fraction of sp³-hybridized carbons (Fsp3) is 0.300. The SMILES string of the molecule is CCC(NC(=O)c1ccc(Cl)nc1)C(=O)O. The maximum absolute atomic E-state index is 11.6. The van der Waals surface area contributed by atoms with Gasteiger partial charge in [0.05, 0.1) is 5.56 Å². The molecule has 1 aromatic rings. The maximum atomic E-state index is 11.6. The maximum Gasteiger partial charge on any atom is 0.326 e. The first-order valence-electron chi connectivity index (χ1n) is 4.69. The van der Waals surface area contributed by atoms with Gasteiger partial charge in [0.2, 0.25) is 0 Å². The molecule has 2 N–H and O–H groups in total. The standard InChI is InChI=1S/C10H11ClN2O3/c1-2-7(10(15)16)13-9(14)6-3-4-8(11)12-5-6/h3-5,7H,2H2,1H3,(H,13,14)(H,15,16). The van der Waals surface area contributed by atoms with Gasteiger partial charge >= 0.3 is 5.97 Å². The Morgan fingerprint density at radius 3 is 2.69 bits per heavy atom. The van der Waals surface area contributed by atoms with E-state index in [0.29, 0.717) is 6.42 Å². The molecule has 1 atom stereocenters. The number of carbonyl (C=O) groups excluding carboxylic acids is 1. The zero-order valence-corrected chi connectivity index (χ0v) is 9.36. The number of hydrogen-bond donors (Lipinski definition) is 2. The molecule has 0 radical (unpaired) electrons. The molecular formula is C10H11ClN2O3. The Kier molecular flexibility index (Phi) is 4.25. The average Bonchev–Trinajstić information content (AvgIpc) is 2.26. The predicted octanol–water partition coefficient (Wildman–Crippen LogP) is 1.33. The first-order valence-corrected chi connectivity index (χ1v) is 5.07. The highest BCUT2D eigenvalue weighted by Crippen LogP contribution is 2.05. The van der Waals surface area contributed by atoms with E-state index < -0.39 is 17.9 Å². The highest BCUT2D eigenvalue weighted by atomic mass is 35.5. The smallest absolute Gasteiger partial charge is 0.326 e. The number of rotatable bonds is 4. The molecule has 5 nitrogen and oxygen atoms in total. The van der Waals surface area contributed by atoms with Crippen molar-refractivity contribution in [1.82, 2.24) is 10.3 Å². The predicted molar refractivity (Wildman–Crippen MR) is 58.4 cm³/mol. The molecule has 0 saturated heterocycles. The molecule has 0 aliphatic heterocycles. The summed E-state index contributed by atoms with van der Waals surface area (Å²) in [6.45, 7) is 1.68. The Morgan fingerprint density at radius 1 is 1.56 bits per heavy atom. The minimum absolute atomic E-state index is 0.279. The van der Waals surface area contributed by atoms with Crippen LogP contribution in [0.5, 0.6) is 0 Å². The van der Waals surface area contributed by atoms with Crippen molar-refractivity contribution in [3.63, 3.8) is 0 Å². The van der Waals surface area contributed by atoms with E-state index in [1.54, 1.807) is 6.92 Å². The van der Waals surface area contributed by atoms with E-state index >= 15 is 0 Å². The van der Waals surface area contributed by atoms with E-state index in [1.165, 1.54) is 18.3 Å². The summed E-state index contributed by atoms with van der Waals surface area (Å²) in [7, 11) is 0. The van der Waals surface area contributed by atoms with E-state index in [0.717, 1.165) is 0 Å². The fourth-order valence-electron chi connectivity index (χ4n) is 1.09. The summed E-state index contributed by atoms with van der Waals surface area (Å²) in [5.41, 5.74) is 0.282. The summed E-state index contributed by atoms with van der Waals surface area (Å²) in [6.07, 6.45) is 1.62. The van der Waals surface area contributed by atoms with Crippen LogP contribution in [0.2, 0.25) is 5.15 Å². The third-order valence-electron chi connectivity index (χ3n) is 2.00. The van der Waals surface area contributed by atoms with Gasteiger partial charge in [-0.3, -0.25) is 4.79 Å². The lowest BCUT2D eigenvalue weighted by Crippen LogP contribution is -2.40. The number of aliphatic carboxylic acids is 1. The monoisotopic (exact) mass is 242 g/mol. The lowest BCUT2D eigenvalue weighted by Gasteiger charge is -2.11. The quantitative estimate of drug-likeness (QED) is 0.781. The first-order chi connectivity index (χ1) is 7.54. The van der Waals surface area contributed by atoms with Crippen LogP contribution in [0.3, 0.4) is 0 Å². The molecule has 1 aromatic heterocycles. The number of aromatic nitrogens is 1. The Hall–Kier alpha value is -1.62. The van der Waals surface area contributed by atoms with Gasteiger partial charge in [-0.1, -0.05) is 18.5 Å². The Bertz CT molecular complexity index is 392. The lowest BCUT2D eigenvalue weighted by molar-refractivity contribution is -0.139. The van der Waals surface area contributed by atoms with Crippen LogP contribution >= 0.6 is 11.6 Å². The number of halogens is 1. The molecule has 1 rings (SSSR count). The lowest BCUT2D eigenvalue weighted by atomic mass is 10.2. The summed E-state index contributed by atoms with van der Waals surface area (Å²) in [6, 6.07) is 2.07. The fourth-order valence-corrected chi connectivity index (χ4v) is 1.20. The number of carboxylic acids is 1. The molecule has 0 aromatic carbocycles. The molecular weight excluding hydrogens is 232 g/mol.